The molecular formula is C15H25BrO2. The highest BCUT2D eigenvalue weighted by atomic mass is 79.9. The summed E-state index contributed by atoms with van der Waals surface area (Å²) in [5.74, 6) is 6.17. The van der Waals surface area contributed by atoms with E-state index in [0.29, 0.717) is 0 Å². The standard InChI is InChI=1S/C15H25BrO2/c16-12-8-5-3-1-2-4-6-9-13-17-15-11-7-10-14-18-15/h15H,1-4,6-7,9-14H2. The second kappa shape index (κ2) is 12.0. The zero-order valence-corrected chi connectivity index (χ0v) is 12.8. The topological polar surface area (TPSA) is 18.5 Å². The van der Waals surface area contributed by atoms with E-state index in [4.69, 9.17) is 9.47 Å². The number of alkyl halides is 1. The van der Waals surface area contributed by atoms with Gasteiger partial charge in [-0.2, -0.15) is 0 Å². The first kappa shape index (κ1) is 16.0. The van der Waals surface area contributed by atoms with Crippen molar-refractivity contribution in [1.82, 2.24) is 0 Å². The van der Waals surface area contributed by atoms with Crippen LogP contribution in [-0.2, 0) is 9.47 Å². The Morgan fingerprint density at radius 2 is 1.89 bits per heavy atom. The summed E-state index contributed by atoms with van der Waals surface area (Å²) in [4.78, 5) is 0. The van der Waals surface area contributed by atoms with Crippen molar-refractivity contribution in [2.75, 3.05) is 18.5 Å². The van der Waals surface area contributed by atoms with Gasteiger partial charge >= 0.3 is 0 Å². The second-order valence-corrected chi connectivity index (χ2v) is 5.23. The molecule has 0 saturated carbocycles. The lowest BCUT2D eigenvalue weighted by Gasteiger charge is -2.22. The Hall–Kier alpha value is -0.0400. The molecule has 1 atom stereocenters. The molecule has 1 rings (SSSR count). The normalized spacial score (nSPS) is 19.3. The number of rotatable bonds is 8. The predicted molar refractivity (Wildman–Crippen MR) is 78.8 cm³/mol. The van der Waals surface area contributed by atoms with E-state index < -0.39 is 0 Å². The van der Waals surface area contributed by atoms with Gasteiger partial charge in [0.2, 0.25) is 0 Å². The van der Waals surface area contributed by atoms with Gasteiger partial charge in [-0.25, -0.2) is 0 Å². The molecule has 1 saturated heterocycles. The van der Waals surface area contributed by atoms with Crippen molar-refractivity contribution < 1.29 is 9.47 Å². The van der Waals surface area contributed by atoms with E-state index >= 15 is 0 Å². The maximum atomic E-state index is 5.69. The van der Waals surface area contributed by atoms with Gasteiger partial charge in [-0.1, -0.05) is 41.1 Å². The van der Waals surface area contributed by atoms with E-state index in [-0.39, 0.29) is 6.29 Å². The average molecular weight is 317 g/mol. The number of hydrogen-bond donors (Lipinski definition) is 0. The fourth-order valence-electron chi connectivity index (χ4n) is 2.04. The van der Waals surface area contributed by atoms with Crippen LogP contribution in [0.2, 0.25) is 0 Å². The molecule has 1 fully saturated rings. The molecule has 0 aliphatic carbocycles. The van der Waals surface area contributed by atoms with Crippen LogP contribution in [0.15, 0.2) is 0 Å². The summed E-state index contributed by atoms with van der Waals surface area (Å²) in [5, 5.41) is 0.799. The van der Waals surface area contributed by atoms with Gasteiger partial charge < -0.3 is 9.47 Å². The average Bonchev–Trinajstić information content (AvgIpc) is 2.42. The van der Waals surface area contributed by atoms with Crippen molar-refractivity contribution in [1.29, 1.82) is 0 Å². The first-order valence-corrected chi connectivity index (χ1v) is 8.30. The summed E-state index contributed by atoms with van der Waals surface area (Å²) in [6, 6.07) is 0. The zero-order valence-electron chi connectivity index (χ0n) is 11.3. The highest BCUT2D eigenvalue weighted by molar-refractivity contribution is 9.09. The Morgan fingerprint density at radius 3 is 2.67 bits per heavy atom. The molecule has 1 aliphatic rings. The molecule has 0 bridgehead atoms. The minimum absolute atomic E-state index is 0.0817. The molecule has 104 valence electrons. The van der Waals surface area contributed by atoms with Crippen LogP contribution in [0.4, 0.5) is 0 Å². The number of halogens is 1. The molecule has 0 spiro atoms. The molecule has 18 heavy (non-hydrogen) atoms. The zero-order chi connectivity index (χ0) is 12.9. The molecule has 1 heterocycles. The van der Waals surface area contributed by atoms with Crippen molar-refractivity contribution in [3.8, 4) is 11.8 Å². The maximum absolute atomic E-state index is 5.69. The van der Waals surface area contributed by atoms with Gasteiger partial charge in [-0.05, 0) is 32.1 Å². The van der Waals surface area contributed by atoms with Crippen LogP contribution in [-0.4, -0.2) is 24.8 Å². The molecule has 0 N–H and O–H groups in total. The highest BCUT2D eigenvalue weighted by Gasteiger charge is 2.12. The first-order valence-electron chi connectivity index (χ1n) is 7.18. The van der Waals surface area contributed by atoms with Crippen molar-refractivity contribution in [3.05, 3.63) is 0 Å². The molecule has 0 radical (unpaired) electrons. The summed E-state index contributed by atoms with van der Waals surface area (Å²) < 4.78 is 11.2. The van der Waals surface area contributed by atoms with E-state index in [1.807, 2.05) is 0 Å². The quantitative estimate of drug-likeness (QED) is 0.378. The third-order valence-electron chi connectivity index (χ3n) is 3.08. The first-order chi connectivity index (χ1) is 8.93. The van der Waals surface area contributed by atoms with Gasteiger partial charge in [0, 0.05) is 19.6 Å². The van der Waals surface area contributed by atoms with Gasteiger partial charge in [0.1, 0.15) is 0 Å². The van der Waals surface area contributed by atoms with Crippen molar-refractivity contribution >= 4 is 15.9 Å². The smallest absolute Gasteiger partial charge is 0.157 e. The molecule has 0 aromatic heterocycles. The molecule has 0 amide bonds. The van der Waals surface area contributed by atoms with Crippen molar-refractivity contribution in [2.45, 2.75) is 64.1 Å². The Kier molecular flexibility index (Phi) is 10.7. The van der Waals surface area contributed by atoms with Crippen LogP contribution < -0.4 is 0 Å². The minimum atomic E-state index is 0.0817. The second-order valence-electron chi connectivity index (χ2n) is 4.67. The Labute approximate surface area is 120 Å². The van der Waals surface area contributed by atoms with Crippen molar-refractivity contribution in [2.24, 2.45) is 0 Å². The van der Waals surface area contributed by atoms with E-state index in [2.05, 4.69) is 27.8 Å². The monoisotopic (exact) mass is 316 g/mol. The highest BCUT2D eigenvalue weighted by Crippen LogP contribution is 2.14. The minimum Gasteiger partial charge on any atom is -0.353 e. The summed E-state index contributed by atoms with van der Waals surface area (Å²) in [6.07, 6.45) is 10.9. The molecule has 1 aliphatic heterocycles. The van der Waals surface area contributed by atoms with Crippen molar-refractivity contribution in [3.63, 3.8) is 0 Å². The number of unbranched alkanes of at least 4 members (excludes halogenated alkanes) is 5. The van der Waals surface area contributed by atoms with Gasteiger partial charge in [-0.15, -0.1) is 5.92 Å². The van der Waals surface area contributed by atoms with Crippen LogP contribution in [0, 0.1) is 11.8 Å². The lowest BCUT2D eigenvalue weighted by molar-refractivity contribution is -0.162. The number of ether oxygens (including phenoxy) is 2. The summed E-state index contributed by atoms with van der Waals surface area (Å²) in [6.45, 7) is 1.73. The van der Waals surface area contributed by atoms with Crippen LogP contribution in [0.5, 0.6) is 0 Å². The fraction of sp³-hybridized carbons (Fsp3) is 0.867. The Balaban J connectivity index is 1.78. The molecular weight excluding hydrogens is 292 g/mol. The van der Waals surface area contributed by atoms with Crippen LogP contribution in [0.3, 0.4) is 0 Å². The largest absolute Gasteiger partial charge is 0.353 e. The van der Waals surface area contributed by atoms with E-state index in [1.165, 1.54) is 38.5 Å². The molecule has 0 aromatic carbocycles. The predicted octanol–water partition coefficient (Wildman–Crippen LogP) is 4.27. The Morgan fingerprint density at radius 1 is 1.06 bits per heavy atom. The molecule has 3 heteroatoms. The third-order valence-corrected chi connectivity index (χ3v) is 3.36. The summed E-state index contributed by atoms with van der Waals surface area (Å²) in [5.41, 5.74) is 0. The van der Waals surface area contributed by atoms with Gasteiger partial charge in [-0.3, -0.25) is 0 Å². The molecule has 0 aromatic rings. The van der Waals surface area contributed by atoms with Gasteiger partial charge in [0.15, 0.2) is 6.29 Å². The van der Waals surface area contributed by atoms with Crippen LogP contribution in [0.1, 0.15) is 57.8 Å². The van der Waals surface area contributed by atoms with E-state index in [1.54, 1.807) is 0 Å². The van der Waals surface area contributed by atoms with Gasteiger partial charge in [0.25, 0.3) is 0 Å². The van der Waals surface area contributed by atoms with Crippen LogP contribution >= 0.6 is 15.9 Å². The lowest BCUT2D eigenvalue weighted by atomic mass is 10.1. The van der Waals surface area contributed by atoms with Crippen LogP contribution in [0.25, 0.3) is 0 Å². The SMILES string of the molecule is BrCC#CCCCCCCCOC1CCCCO1. The molecule has 1 unspecified atom stereocenters. The molecule has 2 nitrogen and oxygen atoms in total. The van der Waals surface area contributed by atoms with E-state index in [0.717, 1.165) is 37.8 Å². The summed E-state index contributed by atoms with van der Waals surface area (Å²) in [7, 11) is 0. The summed E-state index contributed by atoms with van der Waals surface area (Å²) >= 11 is 3.30. The third kappa shape index (κ3) is 8.97. The lowest BCUT2D eigenvalue weighted by Crippen LogP contribution is -2.22. The van der Waals surface area contributed by atoms with E-state index in [9.17, 15) is 0 Å². The fourth-order valence-corrected chi connectivity index (χ4v) is 2.24. The maximum Gasteiger partial charge on any atom is 0.157 e. The Bertz CT molecular complexity index is 239. The van der Waals surface area contributed by atoms with Gasteiger partial charge in [0.05, 0.1) is 5.33 Å². The number of hydrogen-bond acceptors (Lipinski definition) is 2.